The summed E-state index contributed by atoms with van der Waals surface area (Å²) in [6, 6.07) is 0. The average molecular weight is 456 g/mol. The number of nitrogens with zero attached hydrogens (tertiary/aromatic N) is 1. The van der Waals surface area contributed by atoms with Gasteiger partial charge in [0.25, 0.3) is 0 Å². The van der Waals surface area contributed by atoms with Crippen LogP contribution in [0.3, 0.4) is 0 Å². The molecule has 0 radical (unpaired) electrons. The van der Waals surface area contributed by atoms with Crippen LogP contribution in [-0.4, -0.2) is 38.1 Å². The van der Waals surface area contributed by atoms with Crippen molar-refractivity contribution < 1.29 is 14.4 Å². The van der Waals surface area contributed by atoms with E-state index in [4.69, 9.17) is 9.90 Å². The monoisotopic (exact) mass is 455 g/mol. The third kappa shape index (κ3) is 39.9. The number of unbranched alkanes of at least 4 members (excludes halogenated alkanes) is 21. The molecule has 0 heterocycles. The van der Waals surface area contributed by atoms with E-state index in [1.54, 1.807) is 0 Å². The molecule has 0 fully saturated rings. The minimum absolute atomic E-state index is 0.972. The second-order valence-electron chi connectivity index (χ2n) is 10.9. The van der Waals surface area contributed by atoms with Gasteiger partial charge in [-0.3, -0.25) is 0 Å². The highest BCUT2D eigenvalue weighted by Crippen LogP contribution is 2.15. The van der Waals surface area contributed by atoms with Crippen LogP contribution >= 0.6 is 0 Å². The molecule has 0 aliphatic rings. The zero-order valence-corrected chi connectivity index (χ0v) is 23.0. The number of rotatable bonds is 23. The number of carbonyl (C=O) groups is 1. The fourth-order valence-corrected chi connectivity index (χ4v) is 4.19. The molecule has 0 amide bonds. The molecule has 0 aromatic heterocycles. The molecule has 0 spiro atoms. The van der Waals surface area contributed by atoms with E-state index in [2.05, 4.69) is 28.1 Å². The summed E-state index contributed by atoms with van der Waals surface area (Å²) in [6.45, 7) is 4.61. The Morgan fingerprint density at radius 1 is 0.500 bits per heavy atom. The lowest BCUT2D eigenvalue weighted by molar-refractivity contribution is -0.870. The largest absolute Gasteiger partial charge is 0.550 e. The van der Waals surface area contributed by atoms with Crippen molar-refractivity contribution in [3.63, 3.8) is 0 Å². The summed E-state index contributed by atoms with van der Waals surface area (Å²) in [7, 11) is 6.91. The van der Waals surface area contributed by atoms with Crippen molar-refractivity contribution in [1.29, 1.82) is 0 Å². The molecule has 0 N–H and O–H groups in total. The number of aliphatic carboxylic acids is 1. The van der Waals surface area contributed by atoms with Crippen LogP contribution in [0.4, 0.5) is 0 Å². The van der Waals surface area contributed by atoms with Gasteiger partial charge in [-0.2, -0.15) is 0 Å². The number of quaternary nitrogens is 1. The summed E-state index contributed by atoms with van der Waals surface area (Å²) in [6.07, 6.45) is 32.3. The molecular weight excluding hydrogens is 394 g/mol. The predicted octanol–water partition coefficient (Wildman–Crippen LogP) is 8.05. The summed E-state index contributed by atoms with van der Waals surface area (Å²) < 4.78 is 1.12. The van der Waals surface area contributed by atoms with Crippen molar-refractivity contribution in [2.24, 2.45) is 0 Å². The molecule has 0 saturated heterocycles. The van der Waals surface area contributed by atoms with Gasteiger partial charge in [-0.05, 0) is 19.8 Å². The lowest BCUT2D eigenvalue weighted by Gasteiger charge is -2.23. The molecule has 0 bridgehead atoms. The molecule has 0 rings (SSSR count). The first-order valence-corrected chi connectivity index (χ1v) is 14.3. The zero-order valence-electron chi connectivity index (χ0n) is 23.0. The molecule has 0 aliphatic heterocycles. The van der Waals surface area contributed by atoms with Gasteiger partial charge in [-0.1, -0.05) is 135 Å². The molecule has 194 valence electrons. The minimum atomic E-state index is -1.08. The first-order valence-electron chi connectivity index (χ1n) is 14.3. The van der Waals surface area contributed by atoms with Gasteiger partial charge in [0.15, 0.2) is 0 Å². The first kappa shape index (κ1) is 33.6. The van der Waals surface area contributed by atoms with E-state index in [1.807, 2.05) is 0 Å². The van der Waals surface area contributed by atoms with Gasteiger partial charge in [0.1, 0.15) is 0 Å². The van der Waals surface area contributed by atoms with Gasteiger partial charge in [0, 0.05) is 5.97 Å². The maximum absolute atomic E-state index is 8.89. The molecule has 3 nitrogen and oxygen atoms in total. The van der Waals surface area contributed by atoms with Crippen molar-refractivity contribution in [1.82, 2.24) is 0 Å². The number of hydrogen-bond acceptors (Lipinski definition) is 2. The fraction of sp³-hybridized carbons (Fsp3) is 0.966. The van der Waals surface area contributed by atoms with Crippen LogP contribution in [0, 0.1) is 0 Å². The van der Waals surface area contributed by atoms with Crippen molar-refractivity contribution in [2.75, 3.05) is 27.7 Å². The van der Waals surface area contributed by atoms with E-state index in [-0.39, 0.29) is 0 Å². The maximum Gasteiger partial charge on any atom is 0.0780 e. The fourth-order valence-electron chi connectivity index (χ4n) is 4.19. The van der Waals surface area contributed by atoms with E-state index < -0.39 is 5.97 Å². The van der Waals surface area contributed by atoms with Crippen LogP contribution in [0.5, 0.6) is 0 Å². The van der Waals surface area contributed by atoms with Crippen LogP contribution < -0.4 is 5.11 Å². The SMILES string of the molecule is CC(=O)[O-].CCCCCCCCCCCCCCCCCCCCCCCC[N+](C)(C)C. The second kappa shape index (κ2) is 26.7. The average Bonchev–Trinajstić information content (AvgIpc) is 2.70. The van der Waals surface area contributed by atoms with Gasteiger partial charge in [-0.25, -0.2) is 0 Å². The third-order valence-electron chi connectivity index (χ3n) is 6.18. The molecule has 3 heteroatoms. The number of carboxylic acid groups (broad SMARTS) is 1. The molecular formula is C29H61NO2. The Kier molecular flexibility index (Phi) is 28.0. The molecule has 0 saturated carbocycles. The van der Waals surface area contributed by atoms with Gasteiger partial charge in [0.2, 0.25) is 0 Å². The van der Waals surface area contributed by atoms with Gasteiger partial charge >= 0.3 is 0 Å². The topological polar surface area (TPSA) is 40.1 Å². The Bertz CT molecular complexity index is 359. The smallest absolute Gasteiger partial charge is 0.0780 e. The lowest BCUT2D eigenvalue weighted by Crippen LogP contribution is -2.35. The van der Waals surface area contributed by atoms with Crippen molar-refractivity contribution in [2.45, 2.75) is 155 Å². The predicted molar refractivity (Wildman–Crippen MR) is 141 cm³/mol. The van der Waals surface area contributed by atoms with Crippen molar-refractivity contribution in [3.05, 3.63) is 0 Å². The van der Waals surface area contributed by atoms with E-state index in [0.717, 1.165) is 11.4 Å². The highest BCUT2D eigenvalue weighted by Gasteiger charge is 2.04. The van der Waals surface area contributed by atoms with E-state index in [1.165, 1.54) is 148 Å². The Hall–Kier alpha value is -0.570. The summed E-state index contributed by atoms with van der Waals surface area (Å²) >= 11 is 0. The second-order valence-corrected chi connectivity index (χ2v) is 10.9. The summed E-state index contributed by atoms with van der Waals surface area (Å²) in [4.78, 5) is 8.89. The molecule has 32 heavy (non-hydrogen) atoms. The van der Waals surface area contributed by atoms with E-state index in [0.29, 0.717) is 0 Å². The number of carbonyl (C=O) groups excluding carboxylic acids is 1. The normalized spacial score (nSPS) is 11.3. The number of carboxylic acids is 1. The highest BCUT2D eigenvalue weighted by molar-refractivity contribution is 5.60. The Morgan fingerprint density at radius 3 is 0.875 bits per heavy atom. The van der Waals surface area contributed by atoms with Crippen LogP contribution in [0.2, 0.25) is 0 Å². The molecule has 0 atom stereocenters. The quantitative estimate of drug-likeness (QED) is 0.115. The molecule has 0 aromatic carbocycles. The Balaban J connectivity index is 0. The van der Waals surface area contributed by atoms with E-state index >= 15 is 0 Å². The molecule has 0 aliphatic carbocycles. The van der Waals surface area contributed by atoms with Crippen LogP contribution in [-0.2, 0) is 4.79 Å². The van der Waals surface area contributed by atoms with Gasteiger partial charge < -0.3 is 14.4 Å². The first-order chi connectivity index (χ1) is 15.3. The third-order valence-corrected chi connectivity index (χ3v) is 6.18. The summed E-state index contributed by atoms with van der Waals surface area (Å²) in [5.74, 6) is -1.08. The van der Waals surface area contributed by atoms with Gasteiger partial charge in [0.05, 0.1) is 27.7 Å². The maximum atomic E-state index is 8.89. The van der Waals surface area contributed by atoms with Gasteiger partial charge in [-0.15, -0.1) is 0 Å². The molecule has 0 unspecified atom stereocenters. The highest BCUT2D eigenvalue weighted by atomic mass is 16.4. The van der Waals surface area contributed by atoms with Crippen molar-refractivity contribution >= 4 is 5.97 Å². The standard InChI is InChI=1S/C27H58N.C2H4O2/c1-5-6-7-8-9-10-11-12-13-14-15-16-17-18-19-20-21-22-23-24-25-26-27-28(2,3)4;1-2(3)4/h5-27H2,1-4H3;1H3,(H,3,4)/q+1;/p-1. The Morgan fingerprint density at radius 2 is 0.688 bits per heavy atom. The summed E-state index contributed by atoms with van der Waals surface area (Å²) in [5, 5.41) is 8.89. The zero-order chi connectivity index (χ0) is 24.3. The van der Waals surface area contributed by atoms with Crippen LogP contribution in [0.1, 0.15) is 155 Å². The molecule has 0 aromatic rings. The number of hydrogen-bond donors (Lipinski definition) is 0. The summed E-state index contributed by atoms with van der Waals surface area (Å²) in [5.41, 5.74) is 0. The van der Waals surface area contributed by atoms with Crippen LogP contribution in [0.25, 0.3) is 0 Å². The van der Waals surface area contributed by atoms with Crippen molar-refractivity contribution in [3.8, 4) is 0 Å². The van der Waals surface area contributed by atoms with Crippen LogP contribution in [0.15, 0.2) is 0 Å². The lowest BCUT2D eigenvalue weighted by atomic mass is 10.0. The minimum Gasteiger partial charge on any atom is -0.550 e. The Labute approximate surface area is 203 Å². The van der Waals surface area contributed by atoms with E-state index in [9.17, 15) is 0 Å².